The molecular weight excluding hydrogens is 338 g/mol. The topological polar surface area (TPSA) is 78.5 Å². The molecule has 1 aromatic carbocycles. The molecule has 1 fully saturated rings. The van der Waals surface area contributed by atoms with Gasteiger partial charge in [0, 0.05) is 25.2 Å². The highest BCUT2D eigenvalue weighted by Gasteiger charge is 2.26. The van der Waals surface area contributed by atoms with Crippen molar-refractivity contribution < 1.29 is 13.2 Å². The minimum atomic E-state index is -3.44. The van der Waals surface area contributed by atoms with Crippen LogP contribution in [0.1, 0.15) is 52.1 Å². The number of nitrogens with one attached hydrogen (secondary N) is 2. The molecule has 0 bridgehead atoms. The molecule has 2 rings (SSSR count). The third-order valence-corrected chi connectivity index (χ3v) is 6.60. The SMILES string of the molecule is CCN(CC)S(=O)(=O)c1ccc([C@H](C)N[C@H](C)C(=O)NC2CC2)cc1. The number of hydrogen-bond donors (Lipinski definition) is 2. The van der Waals surface area contributed by atoms with Crippen molar-refractivity contribution in [3.63, 3.8) is 0 Å². The highest BCUT2D eigenvalue weighted by atomic mass is 32.2. The second kappa shape index (κ2) is 8.29. The molecule has 0 saturated heterocycles. The van der Waals surface area contributed by atoms with Crippen molar-refractivity contribution >= 4 is 15.9 Å². The Hall–Kier alpha value is -1.44. The molecule has 6 nitrogen and oxygen atoms in total. The third-order valence-electron chi connectivity index (χ3n) is 4.54. The van der Waals surface area contributed by atoms with E-state index in [1.165, 1.54) is 4.31 Å². The van der Waals surface area contributed by atoms with Crippen LogP contribution in [0.15, 0.2) is 29.2 Å². The fourth-order valence-corrected chi connectivity index (χ4v) is 4.20. The molecule has 0 heterocycles. The van der Waals surface area contributed by atoms with Gasteiger partial charge in [-0.1, -0.05) is 26.0 Å². The van der Waals surface area contributed by atoms with E-state index in [-0.39, 0.29) is 18.0 Å². The van der Waals surface area contributed by atoms with Crippen LogP contribution < -0.4 is 10.6 Å². The Morgan fingerprint density at radius 1 is 1.16 bits per heavy atom. The lowest BCUT2D eigenvalue weighted by atomic mass is 10.1. The van der Waals surface area contributed by atoms with Crippen molar-refractivity contribution in [1.29, 1.82) is 0 Å². The maximum atomic E-state index is 12.5. The van der Waals surface area contributed by atoms with Gasteiger partial charge in [0.05, 0.1) is 10.9 Å². The van der Waals surface area contributed by atoms with Crippen molar-refractivity contribution in [3.8, 4) is 0 Å². The number of rotatable bonds is 9. The maximum Gasteiger partial charge on any atom is 0.243 e. The Morgan fingerprint density at radius 3 is 2.20 bits per heavy atom. The second-order valence-corrected chi connectivity index (χ2v) is 8.49. The number of carbonyl (C=O) groups is 1. The van der Waals surface area contributed by atoms with Crippen LogP contribution in [0.5, 0.6) is 0 Å². The molecular formula is C18H29N3O3S. The summed E-state index contributed by atoms with van der Waals surface area (Å²) < 4.78 is 26.5. The summed E-state index contributed by atoms with van der Waals surface area (Å²) in [4.78, 5) is 12.3. The van der Waals surface area contributed by atoms with Gasteiger partial charge >= 0.3 is 0 Å². The van der Waals surface area contributed by atoms with E-state index in [2.05, 4.69) is 10.6 Å². The molecule has 7 heteroatoms. The monoisotopic (exact) mass is 367 g/mol. The van der Waals surface area contributed by atoms with Crippen LogP contribution in [-0.2, 0) is 14.8 Å². The molecule has 0 aliphatic heterocycles. The number of carbonyl (C=O) groups excluding carboxylic acids is 1. The van der Waals surface area contributed by atoms with Crippen LogP contribution in [-0.4, -0.2) is 43.8 Å². The first-order chi connectivity index (χ1) is 11.8. The summed E-state index contributed by atoms with van der Waals surface area (Å²) in [5.41, 5.74) is 0.949. The normalized spacial score (nSPS) is 17.3. The van der Waals surface area contributed by atoms with Gasteiger partial charge in [0.1, 0.15) is 0 Å². The van der Waals surface area contributed by atoms with Gasteiger partial charge in [-0.2, -0.15) is 4.31 Å². The number of benzene rings is 1. The van der Waals surface area contributed by atoms with Crippen molar-refractivity contribution in [2.24, 2.45) is 0 Å². The van der Waals surface area contributed by atoms with Crippen molar-refractivity contribution in [2.75, 3.05) is 13.1 Å². The van der Waals surface area contributed by atoms with Crippen LogP contribution >= 0.6 is 0 Å². The molecule has 2 N–H and O–H groups in total. The Bertz CT molecular complexity index is 680. The highest BCUT2D eigenvalue weighted by molar-refractivity contribution is 7.89. The lowest BCUT2D eigenvalue weighted by Gasteiger charge is -2.21. The predicted molar refractivity (Wildman–Crippen MR) is 98.7 cm³/mol. The first-order valence-corrected chi connectivity index (χ1v) is 10.4. The minimum Gasteiger partial charge on any atom is -0.352 e. The van der Waals surface area contributed by atoms with Crippen LogP contribution in [0, 0.1) is 0 Å². The van der Waals surface area contributed by atoms with Crippen LogP contribution in [0.2, 0.25) is 0 Å². The van der Waals surface area contributed by atoms with E-state index < -0.39 is 10.0 Å². The molecule has 140 valence electrons. The molecule has 1 aliphatic carbocycles. The van der Waals surface area contributed by atoms with Gasteiger partial charge in [0.25, 0.3) is 0 Å². The van der Waals surface area contributed by atoms with E-state index in [0.717, 1.165) is 18.4 Å². The zero-order chi connectivity index (χ0) is 18.6. The number of hydrogen-bond acceptors (Lipinski definition) is 4. The van der Waals surface area contributed by atoms with E-state index in [9.17, 15) is 13.2 Å². The summed E-state index contributed by atoms with van der Waals surface area (Å²) in [6, 6.07) is 6.88. The zero-order valence-electron chi connectivity index (χ0n) is 15.5. The number of nitrogens with zero attached hydrogens (tertiary/aromatic N) is 1. The molecule has 0 radical (unpaired) electrons. The Balaban J connectivity index is 2.02. The Morgan fingerprint density at radius 2 is 1.72 bits per heavy atom. The van der Waals surface area contributed by atoms with E-state index in [4.69, 9.17) is 0 Å². The summed E-state index contributed by atoms with van der Waals surface area (Å²) in [5, 5.41) is 6.24. The summed E-state index contributed by atoms with van der Waals surface area (Å²) in [5.74, 6) is 0.00933. The molecule has 0 spiro atoms. The second-order valence-electron chi connectivity index (χ2n) is 6.55. The third kappa shape index (κ3) is 5.03. The Kier molecular flexibility index (Phi) is 6.59. The average molecular weight is 368 g/mol. The highest BCUT2D eigenvalue weighted by Crippen LogP contribution is 2.21. The summed E-state index contributed by atoms with van der Waals surface area (Å²) in [7, 11) is -3.44. The molecule has 1 amide bonds. The molecule has 0 aromatic heterocycles. The first kappa shape index (κ1) is 19.9. The Labute approximate surface area is 151 Å². The van der Waals surface area contributed by atoms with Gasteiger partial charge in [-0.25, -0.2) is 8.42 Å². The maximum absolute atomic E-state index is 12.5. The van der Waals surface area contributed by atoms with Crippen LogP contribution in [0.25, 0.3) is 0 Å². The van der Waals surface area contributed by atoms with Gasteiger partial charge in [0.2, 0.25) is 15.9 Å². The quantitative estimate of drug-likeness (QED) is 0.700. The summed E-state index contributed by atoms with van der Waals surface area (Å²) >= 11 is 0. The predicted octanol–water partition coefficient (Wildman–Crippen LogP) is 2.03. The van der Waals surface area contributed by atoms with Crippen LogP contribution in [0.3, 0.4) is 0 Å². The fourth-order valence-electron chi connectivity index (χ4n) is 2.74. The molecule has 1 aliphatic rings. The molecule has 25 heavy (non-hydrogen) atoms. The molecule has 0 unspecified atom stereocenters. The van der Waals surface area contributed by atoms with Crippen molar-refractivity contribution in [1.82, 2.24) is 14.9 Å². The molecule has 2 atom stereocenters. The number of sulfonamides is 1. The average Bonchev–Trinajstić information content (AvgIpc) is 3.39. The van der Waals surface area contributed by atoms with Gasteiger partial charge in [-0.3, -0.25) is 10.1 Å². The van der Waals surface area contributed by atoms with Gasteiger partial charge in [-0.15, -0.1) is 0 Å². The zero-order valence-corrected chi connectivity index (χ0v) is 16.3. The van der Waals surface area contributed by atoms with Crippen LogP contribution in [0.4, 0.5) is 0 Å². The first-order valence-electron chi connectivity index (χ1n) is 8.96. The minimum absolute atomic E-state index is 0.00933. The fraction of sp³-hybridized carbons (Fsp3) is 0.611. The van der Waals surface area contributed by atoms with E-state index in [0.29, 0.717) is 24.0 Å². The standard InChI is InChI=1S/C18H29N3O3S/c1-5-21(6-2)25(23,24)17-11-7-15(8-12-17)13(3)19-14(4)18(22)20-16-9-10-16/h7-8,11-14,16,19H,5-6,9-10H2,1-4H3,(H,20,22)/t13-,14+/m0/s1. The van der Waals surface area contributed by atoms with Gasteiger partial charge in [0.15, 0.2) is 0 Å². The number of amides is 1. The summed E-state index contributed by atoms with van der Waals surface area (Å²) in [6.07, 6.45) is 2.13. The summed E-state index contributed by atoms with van der Waals surface area (Å²) in [6.45, 7) is 8.37. The lowest BCUT2D eigenvalue weighted by molar-refractivity contribution is -0.123. The van der Waals surface area contributed by atoms with E-state index in [1.54, 1.807) is 24.3 Å². The molecule has 1 saturated carbocycles. The van der Waals surface area contributed by atoms with E-state index >= 15 is 0 Å². The van der Waals surface area contributed by atoms with Gasteiger partial charge < -0.3 is 5.32 Å². The smallest absolute Gasteiger partial charge is 0.243 e. The lowest BCUT2D eigenvalue weighted by Crippen LogP contribution is -2.43. The van der Waals surface area contributed by atoms with Crippen molar-refractivity contribution in [3.05, 3.63) is 29.8 Å². The van der Waals surface area contributed by atoms with E-state index in [1.807, 2.05) is 27.7 Å². The molecule has 1 aromatic rings. The largest absolute Gasteiger partial charge is 0.352 e. The van der Waals surface area contributed by atoms with Crippen molar-refractivity contribution in [2.45, 2.75) is 63.6 Å². The van der Waals surface area contributed by atoms with Gasteiger partial charge in [-0.05, 0) is 44.4 Å².